The van der Waals surface area contributed by atoms with Crippen molar-refractivity contribution in [3.05, 3.63) is 47.0 Å². The summed E-state index contributed by atoms with van der Waals surface area (Å²) in [5.41, 5.74) is 2.49. The summed E-state index contributed by atoms with van der Waals surface area (Å²) in [6.07, 6.45) is 2.85. The number of carboxylic acids is 1. The average molecular weight is 314 g/mol. The Labute approximate surface area is 136 Å². The molecule has 0 unspecified atom stereocenters. The van der Waals surface area contributed by atoms with Crippen LogP contribution in [0.3, 0.4) is 0 Å². The first-order valence-electron chi connectivity index (χ1n) is 7.91. The van der Waals surface area contributed by atoms with Crippen molar-refractivity contribution in [2.45, 2.75) is 39.5 Å². The highest BCUT2D eigenvalue weighted by Crippen LogP contribution is 2.44. The van der Waals surface area contributed by atoms with Gasteiger partial charge in [-0.25, -0.2) is 4.79 Å². The first-order chi connectivity index (χ1) is 11.0. The van der Waals surface area contributed by atoms with E-state index in [1.165, 1.54) is 0 Å². The second kappa shape index (κ2) is 7.18. The molecule has 0 fully saturated rings. The van der Waals surface area contributed by atoms with Gasteiger partial charge in [0.05, 0.1) is 0 Å². The van der Waals surface area contributed by atoms with E-state index >= 15 is 0 Å². The molecule has 4 nitrogen and oxygen atoms in total. The third kappa shape index (κ3) is 3.16. The molecule has 0 aliphatic heterocycles. The maximum atomic E-state index is 11.7. The quantitative estimate of drug-likeness (QED) is 0.692. The van der Waals surface area contributed by atoms with Crippen LogP contribution in [-0.2, 0) is 12.8 Å². The van der Waals surface area contributed by atoms with Crippen molar-refractivity contribution >= 4 is 5.97 Å². The Bertz CT molecular complexity index is 705. The monoisotopic (exact) mass is 314 g/mol. The highest BCUT2D eigenvalue weighted by Gasteiger charge is 2.27. The molecule has 2 aromatic rings. The van der Waals surface area contributed by atoms with Gasteiger partial charge in [-0.05, 0) is 24.0 Å². The Morgan fingerprint density at radius 1 is 0.913 bits per heavy atom. The van der Waals surface area contributed by atoms with Crippen LogP contribution in [0, 0.1) is 0 Å². The van der Waals surface area contributed by atoms with Crippen LogP contribution in [0.2, 0.25) is 0 Å². The summed E-state index contributed by atoms with van der Waals surface area (Å²) in [5.74, 6) is -2.08. The molecule has 0 bridgehead atoms. The minimum Gasteiger partial charge on any atom is -0.504 e. The zero-order valence-corrected chi connectivity index (χ0v) is 13.5. The van der Waals surface area contributed by atoms with E-state index in [4.69, 9.17) is 0 Å². The van der Waals surface area contributed by atoms with Crippen molar-refractivity contribution in [3.8, 4) is 22.6 Å². The molecule has 3 N–H and O–H groups in total. The standard InChI is InChI=1S/C19H22O4/c1-3-8-13-14(9-4-2)17(20)18(21)16(19(22)23)15(13)12-10-6-5-7-11-12/h5-7,10-11,20-21H,3-4,8-9H2,1-2H3,(H,22,23). The molecule has 0 saturated carbocycles. The Hall–Kier alpha value is -2.49. The largest absolute Gasteiger partial charge is 0.504 e. The van der Waals surface area contributed by atoms with Crippen LogP contribution in [0.25, 0.3) is 11.1 Å². The number of phenolic OH excluding ortho intramolecular Hbond substituents is 1. The van der Waals surface area contributed by atoms with E-state index in [9.17, 15) is 20.1 Å². The number of hydrogen-bond acceptors (Lipinski definition) is 3. The van der Waals surface area contributed by atoms with Crippen molar-refractivity contribution in [3.63, 3.8) is 0 Å². The number of benzene rings is 2. The first-order valence-corrected chi connectivity index (χ1v) is 7.91. The van der Waals surface area contributed by atoms with Crippen LogP contribution < -0.4 is 0 Å². The molecule has 0 radical (unpaired) electrons. The number of hydrogen-bond donors (Lipinski definition) is 3. The van der Waals surface area contributed by atoms with Gasteiger partial charge >= 0.3 is 5.97 Å². The summed E-state index contributed by atoms with van der Waals surface area (Å²) in [6.45, 7) is 3.99. The van der Waals surface area contributed by atoms with Gasteiger partial charge in [0.15, 0.2) is 11.5 Å². The second-order valence-electron chi connectivity index (χ2n) is 5.58. The Kier molecular flexibility index (Phi) is 5.27. The molecular weight excluding hydrogens is 292 g/mol. The van der Waals surface area contributed by atoms with E-state index < -0.39 is 11.7 Å². The molecule has 2 aromatic carbocycles. The lowest BCUT2D eigenvalue weighted by Crippen LogP contribution is -2.08. The number of aromatic hydroxyl groups is 2. The fraction of sp³-hybridized carbons (Fsp3) is 0.316. The molecule has 23 heavy (non-hydrogen) atoms. The van der Waals surface area contributed by atoms with Crippen LogP contribution in [0.1, 0.15) is 48.2 Å². The Morgan fingerprint density at radius 3 is 2.00 bits per heavy atom. The number of aromatic carboxylic acids is 1. The summed E-state index contributed by atoms with van der Waals surface area (Å²) in [4.78, 5) is 11.7. The van der Waals surface area contributed by atoms with Gasteiger partial charge in [-0.1, -0.05) is 57.0 Å². The molecule has 0 heterocycles. The van der Waals surface area contributed by atoms with Gasteiger partial charge < -0.3 is 15.3 Å². The number of carbonyl (C=O) groups is 1. The minimum atomic E-state index is -1.24. The van der Waals surface area contributed by atoms with Crippen molar-refractivity contribution in [1.29, 1.82) is 0 Å². The van der Waals surface area contributed by atoms with Gasteiger partial charge in [-0.15, -0.1) is 0 Å². The van der Waals surface area contributed by atoms with E-state index in [1.807, 2.05) is 44.2 Å². The first kappa shape index (κ1) is 16.9. The van der Waals surface area contributed by atoms with Crippen molar-refractivity contribution < 1.29 is 20.1 Å². The maximum absolute atomic E-state index is 11.7. The fourth-order valence-corrected chi connectivity index (χ4v) is 3.00. The van der Waals surface area contributed by atoms with Gasteiger partial charge in [0.1, 0.15) is 5.56 Å². The summed E-state index contributed by atoms with van der Waals surface area (Å²) >= 11 is 0. The van der Waals surface area contributed by atoms with Crippen molar-refractivity contribution in [1.82, 2.24) is 0 Å². The van der Waals surface area contributed by atoms with Crippen LogP contribution >= 0.6 is 0 Å². The lowest BCUT2D eigenvalue weighted by molar-refractivity contribution is 0.0693. The van der Waals surface area contributed by atoms with E-state index in [-0.39, 0.29) is 11.3 Å². The van der Waals surface area contributed by atoms with Crippen LogP contribution in [0.5, 0.6) is 11.5 Å². The van der Waals surface area contributed by atoms with E-state index in [0.29, 0.717) is 24.0 Å². The molecule has 0 aliphatic rings. The summed E-state index contributed by atoms with van der Waals surface area (Å²) in [7, 11) is 0. The topological polar surface area (TPSA) is 77.8 Å². The molecule has 0 amide bonds. The molecule has 122 valence electrons. The van der Waals surface area contributed by atoms with Gasteiger partial charge in [0.2, 0.25) is 0 Å². The van der Waals surface area contributed by atoms with Crippen molar-refractivity contribution in [2.75, 3.05) is 0 Å². The number of phenols is 2. The molecule has 0 spiro atoms. The molecule has 0 aromatic heterocycles. The lowest BCUT2D eigenvalue weighted by atomic mass is 9.85. The third-order valence-corrected chi connectivity index (χ3v) is 3.94. The SMILES string of the molecule is CCCc1c(O)c(O)c(C(=O)O)c(-c2ccccc2)c1CCC. The zero-order valence-electron chi connectivity index (χ0n) is 13.5. The fourth-order valence-electron chi connectivity index (χ4n) is 3.00. The van der Waals surface area contributed by atoms with Gasteiger partial charge in [0, 0.05) is 11.1 Å². The summed E-state index contributed by atoms with van der Waals surface area (Å²) < 4.78 is 0. The summed E-state index contributed by atoms with van der Waals surface area (Å²) in [5, 5.41) is 30.2. The van der Waals surface area contributed by atoms with Crippen molar-refractivity contribution in [2.24, 2.45) is 0 Å². The molecule has 0 saturated heterocycles. The average Bonchev–Trinajstić information content (AvgIpc) is 2.54. The van der Waals surface area contributed by atoms with Gasteiger partial charge in [0.25, 0.3) is 0 Å². The summed E-state index contributed by atoms with van der Waals surface area (Å²) in [6, 6.07) is 9.18. The predicted octanol–water partition coefficient (Wildman–Crippen LogP) is 4.37. The molecule has 0 atom stereocenters. The highest BCUT2D eigenvalue weighted by atomic mass is 16.4. The van der Waals surface area contributed by atoms with Crippen LogP contribution in [0.15, 0.2) is 30.3 Å². The molecule has 4 heteroatoms. The van der Waals surface area contributed by atoms with Crippen LogP contribution in [0.4, 0.5) is 0 Å². The normalized spacial score (nSPS) is 10.7. The predicted molar refractivity (Wildman–Crippen MR) is 90.2 cm³/mol. The zero-order chi connectivity index (χ0) is 17.0. The van der Waals surface area contributed by atoms with E-state index in [0.717, 1.165) is 24.0 Å². The third-order valence-electron chi connectivity index (χ3n) is 3.94. The van der Waals surface area contributed by atoms with Gasteiger partial charge in [-0.3, -0.25) is 0 Å². The Balaban J connectivity index is 2.91. The minimum absolute atomic E-state index is 0.225. The number of carboxylic acid groups (broad SMARTS) is 1. The Morgan fingerprint density at radius 2 is 1.48 bits per heavy atom. The van der Waals surface area contributed by atoms with Crippen LogP contribution in [-0.4, -0.2) is 21.3 Å². The molecule has 0 aliphatic carbocycles. The molecule has 2 rings (SSSR count). The smallest absolute Gasteiger partial charge is 0.340 e. The second-order valence-corrected chi connectivity index (χ2v) is 5.58. The highest BCUT2D eigenvalue weighted by molar-refractivity contribution is 6.01. The number of rotatable bonds is 6. The molecular formula is C19H22O4. The maximum Gasteiger partial charge on any atom is 0.340 e. The van der Waals surface area contributed by atoms with Gasteiger partial charge in [-0.2, -0.15) is 0 Å². The van der Waals surface area contributed by atoms with E-state index in [2.05, 4.69) is 0 Å². The van der Waals surface area contributed by atoms with E-state index in [1.54, 1.807) is 0 Å². The lowest BCUT2D eigenvalue weighted by Gasteiger charge is -2.20.